The Morgan fingerprint density at radius 3 is 3.17 bits per heavy atom. The zero-order valence-corrected chi connectivity index (χ0v) is 10.9. The van der Waals surface area contributed by atoms with Crippen molar-refractivity contribution in [1.29, 1.82) is 0 Å². The summed E-state index contributed by atoms with van der Waals surface area (Å²) in [5.41, 5.74) is 0.922. The molecule has 0 saturated heterocycles. The van der Waals surface area contributed by atoms with Gasteiger partial charge in [0.25, 0.3) is 0 Å². The summed E-state index contributed by atoms with van der Waals surface area (Å²) in [6, 6.07) is 7.52. The lowest BCUT2D eigenvalue weighted by molar-refractivity contribution is -0.115. The lowest BCUT2D eigenvalue weighted by Crippen LogP contribution is -2.25. The summed E-state index contributed by atoms with van der Waals surface area (Å²) in [6.07, 6.45) is 3.24. The van der Waals surface area contributed by atoms with E-state index >= 15 is 0 Å². The maximum absolute atomic E-state index is 11.6. The van der Waals surface area contributed by atoms with Gasteiger partial charge >= 0.3 is 0 Å². The van der Waals surface area contributed by atoms with E-state index in [-0.39, 0.29) is 5.91 Å². The SMILES string of the molecule is COc1cccc(C=CC(=O)NC2=NCCS2)c1. The Balaban J connectivity index is 1.94. The third kappa shape index (κ3) is 3.63. The molecule has 0 unspecified atom stereocenters. The first-order valence-corrected chi connectivity index (χ1v) is 6.57. The number of benzene rings is 1. The van der Waals surface area contributed by atoms with Crippen LogP contribution in [0.4, 0.5) is 0 Å². The molecule has 0 aliphatic carbocycles. The fourth-order valence-corrected chi connectivity index (χ4v) is 2.21. The Morgan fingerprint density at radius 2 is 2.44 bits per heavy atom. The van der Waals surface area contributed by atoms with Gasteiger partial charge in [0.2, 0.25) is 5.91 Å². The van der Waals surface area contributed by atoms with Crippen LogP contribution in [-0.2, 0) is 4.79 Å². The van der Waals surface area contributed by atoms with Crippen molar-refractivity contribution in [3.8, 4) is 5.75 Å². The van der Waals surface area contributed by atoms with Gasteiger partial charge in [-0.3, -0.25) is 9.79 Å². The Hall–Kier alpha value is -1.75. The van der Waals surface area contributed by atoms with Crippen LogP contribution >= 0.6 is 11.8 Å². The van der Waals surface area contributed by atoms with E-state index in [4.69, 9.17) is 4.74 Å². The molecular weight excluding hydrogens is 248 g/mol. The molecule has 1 aromatic rings. The fraction of sp³-hybridized carbons (Fsp3) is 0.231. The zero-order chi connectivity index (χ0) is 12.8. The van der Waals surface area contributed by atoms with Gasteiger partial charge < -0.3 is 10.1 Å². The third-order valence-electron chi connectivity index (χ3n) is 2.34. The molecule has 5 heteroatoms. The van der Waals surface area contributed by atoms with Crippen molar-refractivity contribution in [3.63, 3.8) is 0 Å². The summed E-state index contributed by atoms with van der Waals surface area (Å²) >= 11 is 1.56. The van der Waals surface area contributed by atoms with Crippen LogP contribution in [0.25, 0.3) is 6.08 Å². The van der Waals surface area contributed by atoms with Crippen molar-refractivity contribution >= 4 is 28.9 Å². The highest BCUT2D eigenvalue weighted by Crippen LogP contribution is 2.13. The monoisotopic (exact) mass is 262 g/mol. The van der Waals surface area contributed by atoms with Gasteiger partial charge in [-0.25, -0.2) is 0 Å². The molecule has 1 heterocycles. The molecule has 0 saturated carbocycles. The summed E-state index contributed by atoms with van der Waals surface area (Å²) in [7, 11) is 1.62. The minimum Gasteiger partial charge on any atom is -0.497 e. The normalized spacial score (nSPS) is 14.6. The molecule has 0 radical (unpaired) electrons. The first-order valence-electron chi connectivity index (χ1n) is 5.58. The van der Waals surface area contributed by atoms with Gasteiger partial charge in [-0.2, -0.15) is 0 Å². The summed E-state index contributed by atoms with van der Waals surface area (Å²) in [6.45, 7) is 0.778. The van der Waals surface area contributed by atoms with Crippen LogP contribution in [0.3, 0.4) is 0 Å². The number of nitrogens with zero attached hydrogens (tertiary/aromatic N) is 1. The van der Waals surface area contributed by atoms with Gasteiger partial charge in [0.05, 0.1) is 13.7 Å². The third-order valence-corrected chi connectivity index (χ3v) is 3.23. The second kappa shape index (κ2) is 6.26. The maximum atomic E-state index is 11.6. The molecule has 4 nitrogen and oxygen atoms in total. The van der Waals surface area contributed by atoms with Gasteiger partial charge in [0.1, 0.15) is 5.75 Å². The Labute approximate surface area is 110 Å². The van der Waals surface area contributed by atoms with Crippen molar-refractivity contribution in [2.75, 3.05) is 19.4 Å². The largest absolute Gasteiger partial charge is 0.497 e. The van der Waals surface area contributed by atoms with Crippen molar-refractivity contribution in [3.05, 3.63) is 35.9 Å². The summed E-state index contributed by atoms with van der Waals surface area (Å²) < 4.78 is 5.11. The molecule has 1 aliphatic heterocycles. The average molecular weight is 262 g/mol. The highest BCUT2D eigenvalue weighted by molar-refractivity contribution is 8.14. The van der Waals surface area contributed by atoms with Gasteiger partial charge in [-0.1, -0.05) is 23.9 Å². The predicted octanol–water partition coefficient (Wildman–Crippen LogP) is 1.93. The number of carbonyl (C=O) groups excluding carboxylic acids is 1. The molecule has 0 atom stereocenters. The van der Waals surface area contributed by atoms with Crippen molar-refractivity contribution in [1.82, 2.24) is 5.32 Å². The molecule has 1 aromatic carbocycles. The minimum atomic E-state index is -0.161. The van der Waals surface area contributed by atoms with E-state index < -0.39 is 0 Å². The van der Waals surface area contributed by atoms with E-state index in [2.05, 4.69) is 10.3 Å². The molecule has 2 rings (SSSR count). The van der Waals surface area contributed by atoms with Gasteiger partial charge in [0, 0.05) is 11.8 Å². The molecule has 0 spiro atoms. The van der Waals surface area contributed by atoms with Gasteiger partial charge in [0.15, 0.2) is 5.17 Å². The molecular formula is C13H14N2O2S. The second-order valence-electron chi connectivity index (χ2n) is 3.63. The van der Waals surface area contributed by atoms with E-state index in [9.17, 15) is 4.79 Å². The Kier molecular flexibility index (Phi) is 4.41. The zero-order valence-electron chi connectivity index (χ0n) is 10.1. The molecule has 0 fully saturated rings. The number of hydrogen-bond donors (Lipinski definition) is 1. The molecule has 0 aromatic heterocycles. The van der Waals surface area contributed by atoms with E-state index in [1.165, 1.54) is 6.08 Å². The van der Waals surface area contributed by atoms with Crippen LogP contribution < -0.4 is 10.1 Å². The number of aliphatic imine (C=N–C) groups is 1. The van der Waals surface area contributed by atoms with Crippen molar-refractivity contribution in [2.45, 2.75) is 0 Å². The predicted molar refractivity (Wildman–Crippen MR) is 74.9 cm³/mol. The van der Waals surface area contributed by atoms with Crippen LogP contribution in [-0.4, -0.2) is 30.5 Å². The Morgan fingerprint density at radius 1 is 1.56 bits per heavy atom. The maximum Gasteiger partial charge on any atom is 0.249 e. The number of carbonyl (C=O) groups is 1. The Bertz CT molecular complexity index is 498. The van der Waals surface area contributed by atoms with E-state index in [1.807, 2.05) is 24.3 Å². The van der Waals surface area contributed by atoms with Gasteiger partial charge in [-0.05, 0) is 23.8 Å². The van der Waals surface area contributed by atoms with E-state index in [0.717, 1.165) is 23.6 Å². The minimum absolute atomic E-state index is 0.161. The average Bonchev–Trinajstić information content (AvgIpc) is 2.89. The van der Waals surface area contributed by atoms with E-state index in [0.29, 0.717) is 5.17 Å². The van der Waals surface area contributed by atoms with E-state index in [1.54, 1.807) is 24.9 Å². The lowest BCUT2D eigenvalue weighted by atomic mass is 10.2. The van der Waals surface area contributed by atoms with Crippen molar-refractivity contribution in [2.24, 2.45) is 4.99 Å². The lowest BCUT2D eigenvalue weighted by Gasteiger charge is -2.01. The first kappa shape index (κ1) is 12.7. The summed E-state index contributed by atoms with van der Waals surface area (Å²) in [4.78, 5) is 15.8. The van der Waals surface area contributed by atoms with Crippen LogP contribution in [0.15, 0.2) is 35.3 Å². The number of nitrogens with one attached hydrogen (secondary N) is 1. The molecule has 0 bridgehead atoms. The molecule has 1 amide bonds. The number of thioether (sulfide) groups is 1. The molecule has 1 aliphatic rings. The smallest absolute Gasteiger partial charge is 0.249 e. The standard InChI is InChI=1S/C13H14N2O2S/c1-17-11-4-2-3-10(9-11)5-6-12(16)15-13-14-7-8-18-13/h2-6,9H,7-8H2,1H3,(H,14,15,16). The topological polar surface area (TPSA) is 50.7 Å². The number of amides is 1. The number of ether oxygens (including phenoxy) is 1. The van der Waals surface area contributed by atoms with Crippen LogP contribution in [0.2, 0.25) is 0 Å². The van der Waals surface area contributed by atoms with Crippen LogP contribution in [0.5, 0.6) is 5.75 Å². The van der Waals surface area contributed by atoms with Crippen LogP contribution in [0, 0.1) is 0 Å². The summed E-state index contributed by atoms with van der Waals surface area (Å²) in [5, 5.41) is 3.44. The molecule has 18 heavy (non-hydrogen) atoms. The number of amidine groups is 1. The summed E-state index contributed by atoms with van der Waals surface area (Å²) in [5.74, 6) is 1.55. The molecule has 1 N–H and O–H groups in total. The second-order valence-corrected chi connectivity index (χ2v) is 4.72. The number of methoxy groups -OCH3 is 1. The van der Waals surface area contributed by atoms with Crippen molar-refractivity contribution < 1.29 is 9.53 Å². The first-order chi connectivity index (χ1) is 8.78. The highest BCUT2D eigenvalue weighted by Gasteiger charge is 2.08. The fourth-order valence-electron chi connectivity index (χ4n) is 1.47. The number of rotatable bonds is 3. The highest BCUT2D eigenvalue weighted by atomic mass is 32.2. The van der Waals surface area contributed by atoms with Crippen LogP contribution in [0.1, 0.15) is 5.56 Å². The molecule has 94 valence electrons. The number of hydrogen-bond acceptors (Lipinski definition) is 4. The van der Waals surface area contributed by atoms with Gasteiger partial charge in [-0.15, -0.1) is 0 Å². The quantitative estimate of drug-likeness (QED) is 0.847.